The molecule has 0 radical (unpaired) electrons. The van der Waals surface area contributed by atoms with Crippen molar-refractivity contribution in [3.63, 3.8) is 0 Å². The Bertz CT molecular complexity index is 386. The van der Waals surface area contributed by atoms with Crippen molar-refractivity contribution in [3.05, 3.63) is 54.6 Å². The fourth-order valence-electron chi connectivity index (χ4n) is 0.988. The second kappa shape index (κ2) is 6.49. The number of hydrogen-bond donors (Lipinski definition) is 0. The van der Waals surface area contributed by atoms with E-state index >= 15 is 0 Å². The van der Waals surface area contributed by atoms with Crippen LogP contribution in [0.1, 0.15) is 0 Å². The second-order valence-electron chi connectivity index (χ2n) is 2.87. The first kappa shape index (κ1) is 11.1. The van der Waals surface area contributed by atoms with E-state index in [1.807, 2.05) is 36.4 Å². The van der Waals surface area contributed by atoms with Crippen molar-refractivity contribution in [2.75, 3.05) is 7.05 Å². The molecule has 1 aromatic carbocycles. The smallest absolute Gasteiger partial charge is 0.0629 e. The number of para-hydroxylation sites is 1. The second-order valence-corrected chi connectivity index (χ2v) is 2.87. The Labute approximate surface area is 90.4 Å². The molecule has 0 bridgehead atoms. The molecule has 15 heavy (non-hydrogen) atoms. The Hall–Kier alpha value is -1.96. The Morgan fingerprint density at radius 3 is 2.60 bits per heavy atom. The van der Waals surface area contributed by atoms with Crippen LogP contribution in [0, 0.1) is 0 Å². The van der Waals surface area contributed by atoms with Gasteiger partial charge in [-0.25, -0.2) is 0 Å². The van der Waals surface area contributed by atoms with Gasteiger partial charge >= 0.3 is 0 Å². The molecular weight excluding hydrogens is 184 g/mol. The lowest BCUT2D eigenvalue weighted by Gasteiger charge is -1.92. The van der Waals surface area contributed by atoms with Crippen LogP contribution in [0.15, 0.2) is 64.6 Å². The summed E-state index contributed by atoms with van der Waals surface area (Å²) in [6.07, 6.45) is 7.09. The number of benzene rings is 1. The molecule has 0 aliphatic carbocycles. The van der Waals surface area contributed by atoms with Crippen molar-refractivity contribution in [1.29, 1.82) is 0 Å². The lowest BCUT2D eigenvalue weighted by Crippen LogP contribution is -1.80. The summed E-state index contributed by atoms with van der Waals surface area (Å²) in [6.45, 7) is 3.71. The van der Waals surface area contributed by atoms with Gasteiger partial charge in [0.25, 0.3) is 0 Å². The largest absolute Gasteiger partial charge is 0.296 e. The predicted molar refractivity (Wildman–Crippen MR) is 67.3 cm³/mol. The summed E-state index contributed by atoms with van der Waals surface area (Å²) in [7, 11) is 1.73. The SMILES string of the molecule is C=C/C(C=Nc1ccccc1)=C\C=NC. The molecule has 0 saturated carbocycles. The van der Waals surface area contributed by atoms with Gasteiger partial charge in [0.15, 0.2) is 0 Å². The molecule has 0 saturated heterocycles. The highest BCUT2D eigenvalue weighted by atomic mass is 14.7. The van der Waals surface area contributed by atoms with Crippen LogP contribution in [0.3, 0.4) is 0 Å². The van der Waals surface area contributed by atoms with Crippen LogP contribution in [0.4, 0.5) is 5.69 Å². The van der Waals surface area contributed by atoms with Crippen LogP contribution >= 0.6 is 0 Å². The molecule has 0 spiro atoms. The minimum Gasteiger partial charge on any atom is -0.296 e. The average molecular weight is 198 g/mol. The van der Waals surface area contributed by atoms with E-state index in [4.69, 9.17) is 0 Å². The van der Waals surface area contributed by atoms with Gasteiger partial charge in [-0.2, -0.15) is 0 Å². The van der Waals surface area contributed by atoms with E-state index < -0.39 is 0 Å². The van der Waals surface area contributed by atoms with E-state index in [0.717, 1.165) is 11.3 Å². The molecule has 2 heteroatoms. The van der Waals surface area contributed by atoms with Gasteiger partial charge in [0.05, 0.1) is 5.69 Å². The van der Waals surface area contributed by atoms with E-state index in [1.165, 1.54) is 0 Å². The molecule has 76 valence electrons. The summed E-state index contributed by atoms with van der Waals surface area (Å²) in [5.41, 5.74) is 1.86. The van der Waals surface area contributed by atoms with Crippen LogP contribution in [0.25, 0.3) is 0 Å². The highest BCUT2D eigenvalue weighted by molar-refractivity contribution is 5.90. The molecule has 0 unspecified atom stereocenters. The topological polar surface area (TPSA) is 24.7 Å². The molecule has 0 N–H and O–H groups in total. The molecular formula is C13H14N2. The molecule has 1 aromatic rings. The third-order valence-electron chi connectivity index (χ3n) is 1.77. The van der Waals surface area contributed by atoms with Crippen molar-refractivity contribution in [1.82, 2.24) is 0 Å². The van der Waals surface area contributed by atoms with Crippen molar-refractivity contribution in [2.45, 2.75) is 0 Å². The highest BCUT2D eigenvalue weighted by Crippen LogP contribution is 2.09. The van der Waals surface area contributed by atoms with Crippen LogP contribution in [-0.2, 0) is 0 Å². The van der Waals surface area contributed by atoms with Crippen molar-refractivity contribution < 1.29 is 0 Å². The Morgan fingerprint density at radius 2 is 2.00 bits per heavy atom. The third-order valence-corrected chi connectivity index (χ3v) is 1.77. The van der Waals surface area contributed by atoms with Gasteiger partial charge in [-0.1, -0.05) is 30.9 Å². The maximum absolute atomic E-state index is 4.30. The van der Waals surface area contributed by atoms with E-state index in [-0.39, 0.29) is 0 Å². The first-order valence-corrected chi connectivity index (χ1v) is 4.71. The summed E-state index contributed by atoms with van der Waals surface area (Å²) < 4.78 is 0. The number of aliphatic imine (C=N–C) groups is 2. The van der Waals surface area contributed by atoms with Crippen molar-refractivity contribution in [3.8, 4) is 0 Å². The van der Waals surface area contributed by atoms with E-state index in [0.29, 0.717) is 0 Å². The molecule has 2 nitrogen and oxygen atoms in total. The van der Waals surface area contributed by atoms with E-state index in [1.54, 1.807) is 25.6 Å². The Morgan fingerprint density at radius 1 is 1.27 bits per heavy atom. The number of hydrogen-bond acceptors (Lipinski definition) is 2. The lowest BCUT2D eigenvalue weighted by atomic mass is 10.2. The van der Waals surface area contributed by atoms with Gasteiger partial charge in [-0.15, -0.1) is 0 Å². The highest BCUT2D eigenvalue weighted by Gasteiger charge is 1.85. The van der Waals surface area contributed by atoms with Gasteiger partial charge < -0.3 is 0 Å². The molecule has 0 aliphatic rings. The normalized spacial score (nSPS) is 12.5. The molecule has 0 atom stereocenters. The molecule has 0 fully saturated rings. The van der Waals surface area contributed by atoms with Crippen LogP contribution in [0.5, 0.6) is 0 Å². The summed E-state index contributed by atoms with van der Waals surface area (Å²) in [4.78, 5) is 8.17. The molecule has 0 amide bonds. The lowest BCUT2D eigenvalue weighted by molar-refractivity contribution is 1.47. The Balaban J connectivity index is 2.75. The van der Waals surface area contributed by atoms with Gasteiger partial charge in [0, 0.05) is 19.5 Å². The molecule has 0 aromatic heterocycles. The summed E-state index contributed by atoms with van der Waals surface area (Å²) >= 11 is 0. The first-order chi connectivity index (χ1) is 7.36. The predicted octanol–water partition coefficient (Wildman–Crippen LogP) is 3.20. The first-order valence-electron chi connectivity index (χ1n) is 4.71. The number of nitrogens with zero attached hydrogens (tertiary/aromatic N) is 2. The summed E-state index contributed by atoms with van der Waals surface area (Å²) in [6, 6.07) is 9.78. The monoisotopic (exact) mass is 198 g/mol. The summed E-state index contributed by atoms with van der Waals surface area (Å²) in [5.74, 6) is 0. The van der Waals surface area contributed by atoms with Gasteiger partial charge in [0.2, 0.25) is 0 Å². The van der Waals surface area contributed by atoms with Gasteiger partial charge in [0.1, 0.15) is 0 Å². The summed E-state index contributed by atoms with van der Waals surface area (Å²) in [5, 5.41) is 0. The minimum absolute atomic E-state index is 0.929. The molecule has 1 rings (SSSR count). The van der Waals surface area contributed by atoms with E-state index in [9.17, 15) is 0 Å². The fraction of sp³-hybridized carbons (Fsp3) is 0.0769. The molecule has 0 aliphatic heterocycles. The molecule has 0 heterocycles. The zero-order valence-electron chi connectivity index (χ0n) is 8.80. The average Bonchev–Trinajstić information content (AvgIpc) is 2.31. The third kappa shape index (κ3) is 4.18. The van der Waals surface area contributed by atoms with Crippen LogP contribution in [0.2, 0.25) is 0 Å². The number of rotatable bonds is 4. The maximum Gasteiger partial charge on any atom is 0.0629 e. The van der Waals surface area contributed by atoms with Crippen LogP contribution in [-0.4, -0.2) is 19.5 Å². The quantitative estimate of drug-likeness (QED) is 0.524. The van der Waals surface area contributed by atoms with Gasteiger partial charge in [-0.3, -0.25) is 9.98 Å². The van der Waals surface area contributed by atoms with Crippen LogP contribution < -0.4 is 0 Å². The van der Waals surface area contributed by atoms with Crippen molar-refractivity contribution >= 4 is 18.1 Å². The standard InChI is InChI=1S/C13H14N2/c1-3-12(9-10-14-2)11-15-13-7-5-4-6-8-13/h3-11H,1H2,2H3/b12-9+,14-10?,15-11?. The fourth-order valence-corrected chi connectivity index (χ4v) is 0.988. The van der Waals surface area contributed by atoms with E-state index in [2.05, 4.69) is 16.6 Å². The van der Waals surface area contributed by atoms with Crippen molar-refractivity contribution in [2.24, 2.45) is 9.98 Å². The van der Waals surface area contributed by atoms with Gasteiger partial charge in [-0.05, 0) is 23.8 Å². The number of allylic oxidation sites excluding steroid dienone is 3. The zero-order chi connectivity index (χ0) is 10.9. The minimum atomic E-state index is 0.929. The Kier molecular flexibility index (Phi) is 4.81. The maximum atomic E-state index is 4.30. The zero-order valence-corrected chi connectivity index (χ0v) is 8.80.